The topological polar surface area (TPSA) is 47.7 Å². The molecule has 0 amide bonds. The summed E-state index contributed by atoms with van der Waals surface area (Å²) in [4.78, 5) is 2.23. The van der Waals surface area contributed by atoms with E-state index in [-0.39, 0.29) is 17.6 Å². The Morgan fingerprint density at radius 1 is 1.35 bits per heavy atom. The Morgan fingerprint density at radius 2 is 2.15 bits per heavy atom. The predicted molar refractivity (Wildman–Crippen MR) is 74.5 cm³/mol. The van der Waals surface area contributed by atoms with Crippen molar-refractivity contribution in [3.05, 3.63) is 23.5 Å². The van der Waals surface area contributed by atoms with Crippen LogP contribution in [0.4, 0.5) is 4.39 Å². The second-order valence-corrected chi connectivity index (χ2v) is 5.67. The third-order valence-corrected chi connectivity index (χ3v) is 4.18. The first-order valence-electron chi connectivity index (χ1n) is 7.18. The minimum atomic E-state index is -0.330. The summed E-state index contributed by atoms with van der Waals surface area (Å²) >= 11 is 0. The van der Waals surface area contributed by atoms with Gasteiger partial charge in [0, 0.05) is 19.0 Å². The fraction of sp³-hybridized carbons (Fsp3) is 0.600. The first kappa shape index (κ1) is 13.6. The Balaban J connectivity index is 1.91. The summed E-state index contributed by atoms with van der Waals surface area (Å²) in [6, 6.07) is 3.70. The van der Waals surface area contributed by atoms with E-state index in [0.29, 0.717) is 31.4 Å². The fourth-order valence-electron chi connectivity index (χ4n) is 3.11. The lowest BCUT2D eigenvalue weighted by Crippen LogP contribution is -2.20. The molecule has 2 aliphatic rings. The van der Waals surface area contributed by atoms with Gasteiger partial charge in [-0.2, -0.15) is 0 Å². The van der Waals surface area contributed by atoms with Crippen molar-refractivity contribution in [1.82, 2.24) is 4.90 Å². The van der Waals surface area contributed by atoms with Crippen molar-refractivity contribution in [3.63, 3.8) is 0 Å². The minimum Gasteiger partial charge on any atom is -0.489 e. The fourth-order valence-corrected chi connectivity index (χ4v) is 3.11. The Bertz CT molecular complexity index is 495. The molecule has 1 saturated heterocycles. The van der Waals surface area contributed by atoms with Crippen molar-refractivity contribution >= 4 is 0 Å². The van der Waals surface area contributed by atoms with E-state index in [9.17, 15) is 4.39 Å². The highest BCUT2D eigenvalue weighted by molar-refractivity contribution is 5.45. The van der Waals surface area contributed by atoms with E-state index in [1.54, 1.807) is 6.07 Å². The van der Waals surface area contributed by atoms with Gasteiger partial charge in [0.25, 0.3) is 0 Å². The predicted octanol–water partition coefficient (Wildman–Crippen LogP) is 1.94. The molecule has 3 rings (SSSR count). The zero-order chi connectivity index (χ0) is 14.1. The lowest BCUT2D eigenvalue weighted by atomic mass is 9.99. The minimum absolute atomic E-state index is 0.204. The molecule has 2 N–H and O–H groups in total. The molecule has 1 fully saturated rings. The SMILES string of the molecule is CN1CC(CN)CC1c1cc(F)c2c(c1)OCCCO2. The van der Waals surface area contributed by atoms with Crippen LogP contribution >= 0.6 is 0 Å². The van der Waals surface area contributed by atoms with Gasteiger partial charge < -0.3 is 15.2 Å². The maximum absolute atomic E-state index is 14.2. The molecule has 110 valence electrons. The molecule has 0 bridgehead atoms. The molecule has 0 spiro atoms. The maximum atomic E-state index is 14.2. The number of likely N-dealkylation sites (tertiary alicyclic amines) is 1. The van der Waals surface area contributed by atoms with Crippen LogP contribution in [0.1, 0.15) is 24.4 Å². The third kappa shape index (κ3) is 2.47. The van der Waals surface area contributed by atoms with Gasteiger partial charge in [0.05, 0.1) is 13.2 Å². The van der Waals surface area contributed by atoms with E-state index >= 15 is 0 Å². The maximum Gasteiger partial charge on any atom is 0.197 e. The number of hydrogen-bond donors (Lipinski definition) is 1. The highest BCUT2D eigenvalue weighted by Crippen LogP contribution is 2.40. The molecule has 2 heterocycles. The molecule has 0 radical (unpaired) electrons. The van der Waals surface area contributed by atoms with Crippen LogP contribution < -0.4 is 15.2 Å². The number of ether oxygens (including phenoxy) is 2. The number of benzene rings is 1. The molecule has 4 nitrogen and oxygen atoms in total. The second kappa shape index (κ2) is 5.58. The van der Waals surface area contributed by atoms with Gasteiger partial charge >= 0.3 is 0 Å². The Kier molecular flexibility index (Phi) is 3.81. The number of rotatable bonds is 2. The van der Waals surface area contributed by atoms with E-state index in [2.05, 4.69) is 11.9 Å². The van der Waals surface area contributed by atoms with Crippen LogP contribution in [-0.4, -0.2) is 38.3 Å². The summed E-state index contributed by atoms with van der Waals surface area (Å²) in [5.41, 5.74) is 6.70. The van der Waals surface area contributed by atoms with Gasteiger partial charge in [-0.25, -0.2) is 4.39 Å². The van der Waals surface area contributed by atoms with Gasteiger partial charge in [-0.1, -0.05) is 0 Å². The Labute approximate surface area is 118 Å². The van der Waals surface area contributed by atoms with Gasteiger partial charge in [0.15, 0.2) is 17.3 Å². The molecule has 2 unspecified atom stereocenters. The molecule has 0 aromatic heterocycles. The van der Waals surface area contributed by atoms with Crippen LogP contribution in [-0.2, 0) is 0 Å². The molecule has 0 aliphatic carbocycles. The van der Waals surface area contributed by atoms with Crippen LogP contribution in [0.2, 0.25) is 0 Å². The number of nitrogens with zero attached hydrogens (tertiary/aromatic N) is 1. The van der Waals surface area contributed by atoms with Crippen LogP contribution in [0.3, 0.4) is 0 Å². The highest BCUT2D eigenvalue weighted by Gasteiger charge is 2.31. The number of hydrogen-bond acceptors (Lipinski definition) is 4. The quantitative estimate of drug-likeness (QED) is 0.899. The summed E-state index contributed by atoms with van der Waals surface area (Å²) < 4.78 is 25.3. The molecule has 5 heteroatoms. The van der Waals surface area contributed by atoms with Crippen molar-refractivity contribution in [2.45, 2.75) is 18.9 Å². The van der Waals surface area contributed by atoms with E-state index in [0.717, 1.165) is 24.9 Å². The highest BCUT2D eigenvalue weighted by atomic mass is 19.1. The zero-order valence-electron chi connectivity index (χ0n) is 11.8. The lowest BCUT2D eigenvalue weighted by Gasteiger charge is -2.21. The van der Waals surface area contributed by atoms with Gasteiger partial charge in [-0.05, 0) is 43.6 Å². The van der Waals surface area contributed by atoms with Gasteiger partial charge in [-0.3, -0.25) is 4.90 Å². The number of halogens is 1. The molecule has 2 aliphatic heterocycles. The summed E-state index contributed by atoms with van der Waals surface area (Å²) in [6.45, 7) is 2.70. The van der Waals surface area contributed by atoms with E-state index in [4.69, 9.17) is 15.2 Å². The first-order valence-corrected chi connectivity index (χ1v) is 7.18. The van der Waals surface area contributed by atoms with Crippen molar-refractivity contribution < 1.29 is 13.9 Å². The largest absolute Gasteiger partial charge is 0.489 e. The normalized spacial score (nSPS) is 26.6. The summed E-state index contributed by atoms with van der Waals surface area (Å²) in [5, 5.41) is 0. The standard InChI is InChI=1S/C15H21FN2O2/c1-18-9-10(8-17)5-13(18)11-6-12(16)15-14(7-11)19-3-2-4-20-15/h6-7,10,13H,2-5,8-9,17H2,1H3. The summed E-state index contributed by atoms with van der Waals surface area (Å²) in [5.74, 6) is 0.928. The second-order valence-electron chi connectivity index (χ2n) is 5.67. The third-order valence-electron chi connectivity index (χ3n) is 4.18. The number of fused-ring (bicyclic) bond motifs is 1. The summed E-state index contributed by atoms with van der Waals surface area (Å²) in [6.07, 6.45) is 1.74. The van der Waals surface area contributed by atoms with Crippen molar-refractivity contribution in [2.24, 2.45) is 11.7 Å². The van der Waals surface area contributed by atoms with Gasteiger partial charge in [0.2, 0.25) is 0 Å². The van der Waals surface area contributed by atoms with Crippen LogP contribution in [0.25, 0.3) is 0 Å². The first-order chi connectivity index (χ1) is 9.69. The Hall–Kier alpha value is -1.33. The van der Waals surface area contributed by atoms with Gasteiger partial charge in [0.1, 0.15) is 0 Å². The Morgan fingerprint density at radius 3 is 2.90 bits per heavy atom. The molecule has 1 aromatic carbocycles. The van der Waals surface area contributed by atoms with Crippen LogP contribution in [0.15, 0.2) is 12.1 Å². The summed E-state index contributed by atoms with van der Waals surface area (Å²) in [7, 11) is 2.06. The average molecular weight is 280 g/mol. The average Bonchev–Trinajstić information content (AvgIpc) is 2.66. The molecular weight excluding hydrogens is 259 g/mol. The zero-order valence-corrected chi connectivity index (χ0v) is 11.8. The monoisotopic (exact) mass is 280 g/mol. The van der Waals surface area contributed by atoms with E-state index in [1.807, 2.05) is 6.07 Å². The van der Waals surface area contributed by atoms with Gasteiger partial charge in [-0.15, -0.1) is 0 Å². The van der Waals surface area contributed by atoms with Crippen LogP contribution in [0, 0.1) is 11.7 Å². The van der Waals surface area contributed by atoms with Crippen molar-refractivity contribution in [1.29, 1.82) is 0 Å². The van der Waals surface area contributed by atoms with E-state index < -0.39 is 0 Å². The lowest BCUT2D eigenvalue weighted by molar-refractivity contribution is 0.292. The van der Waals surface area contributed by atoms with Crippen LogP contribution in [0.5, 0.6) is 11.5 Å². The van der Waals surface area contributed by atoms with Crippen molar-refractivity contribution in [2.75, 3.05) is 33.4 Å². The molecule has 1 aromatic rings. The number of nitrogens with two attached hydrogens (primary N) is 1. The molecule has 20 heavy (non-hydrogen) atoms. The molecular formula is C15H21FN2O2. The molecule has 0 saturated carbocycles. The van der Waals surface area contributed by atoms with Crippen molar-refractivity contribution in [3.8, 4) is 11.5 Å². The van der Waals surface area contributed by atoms with E-state index in [1.165, 1.54) is 0 Å². The smallest absolute Gasteiger partial charge is 0.197 e. The molecule has 2 atom stereocenters.